The summed E-state index contributed by atoms with van der Waals surface area (Å²) in [5.74, 6) is -0.746. The van der Waals surface area contributed by atoms with E-state index in [0.717, 1.165) is 89.9 Å². The Kier molecular flexibility index (Phi) is 33.7. The lowest BCUT2D eigenvalue weighted by atomic mass is 10.1. The van der Waals surface area contributed by atoms with Crippen molar-refractivity contribution in [2.24, 2.45) is 0 Å². The molecule has 0 heterocycles. The monoisotopic (exact) mass is 793 g/mol. The fourth-order valence-electron chi connectivity index (χ4n) is 4.92. The van der Waals surface area contributed by atoms with Crippen molar-refractivity contribution in [1.82, 2.24) is 0 Å². The molecule has 2 atom stereocenters. The minimum atomic E-state index is -4.41. The molecular weight excluding hydrogens is 717 g/mol. The lowest BCUT2D eigenvalue weighted by molar-refractivity contribution is -0.870. The van der Waals surface area contributed by atoms with Gasteiger partial charge in [0.2, 0.25) is 0 Å². The topological polar surface area (TPSA) is 125 Å². The average Bonchev–Trinajstić information content (AvgIpc) is 3.12. The van der Waals surface area contributed by atoms with Crippen molar-refractivity contribution in [2.75, 3.05) is 47.5 Å². The minimum absolute atomic E-state index is 0.00513. The number of nitrogens with zero attached hydrogens (tertiary/aromatic N) is 1. The molecule has 1 N–H and O–H groups in total. The third-order valence-corrected chi connectivity index (χ3v) is 9.18. The van der Waals surface area contributed by atoms with Crippen LogP contribution in [0, 0.1) is 0 Å². The number of carbonyl (C=O) groups excluding carboxylic acids is 3. The zero-order valence-corrected chi connectivity index (χ0v) is 35.8. The molecule has 0 aliphatic rings. The molecule has 314 valence electrons. The van der Waals surface area contributed by atoms with Crippen LogP contribution in [0.4, 0.5) is 0 Å². The quantitative estimate of drug-likeness (QED) is 0.0125. The molecule has 0 saturated carbocycles. The number of rotatable bonds is 36. The van der Waals surface area contributed by atoms with Gasteiger partial charge in [-0.25, -0.2) is 4.57 Å². The molecule has 0 aromatic carbocycles. The van der Waals surface area contributed by atoms with Crippen LogP contribution in [-0.4, -0.2) is 80.7 Å². The molecule has 0 aromatic heterocycles. The second-order valence-corrected chi connectivity index (χ2v) is 16.1. The number of unbranched alkanes of at least 4 members (excludes halogenated alkanes) is 9. The molecule has 10 nitrogen and oxygen atoms in total. The fourth-order valence-corrected chi connectivity index (χ4v) is 5.67. The predicted octanol–water partition coefficient (Wildman–Crippen LogP) is 10.6. The predicted molar refractivity (Wildman–Crippen MR) is 224 cm³/mol. The Balaban J connectivity index is 4.56. The largest absolute Gasteiger partial charge is 0.472 e. The molecule has 55 heavy (non-hydrogen) atoms. The highest BCUT2D eigenvalue weighted by molar-refractivity contribution is 7.47. The molecule has 0 aromatic rings. The zero-order chi connectivity index (χ0) is 40.9. The van der Waals surface area contributed by atoms with Crippen molar-refractivity contribution in [2.45, 2.75) is 142 Å². The maximum Gasteiger partial charge on any atom is 0.472 e. The van der Waals surface area contributed by atoms with E-state index in [-0.39, 0.29) is 31.8 Å². The first kappa shape index (κ1) is 52.1. The Hall–Kier alpha value is -2.88. The van der Waals surface area contributed by atoms with Crippen molar-refractivity contribution in [1.29, 1.82) is 0 Å². The molecule has 0 rings (SSSR count). The van der Waals surface area contributed by atoms with Crippen LogP contribution in [0.2, 0.25) is 0 Å². The highest BCUT2D eigenvalue weighted by atomic mass is 31.2. The Morgan fingerprint density at radius 3 is 1.87 bits per heavy atom. The van der Waals surface area contributed by atoms with Gasteiger partial charge >= 0.3 is 19.8 Å². The van der Waals surface area contributed by atoms with Gasteiger partial charge in [0, 0.05) is 19.3 Å². The van der Waals surface area contributed by atoms with E-state index in [2.05, 4.69) is 68.5 Å². The molecule has 11 heteroatoms. The van der Waals surface area contributed by atoms with Gasteiger partial charge in [-0.15, -0.1) is 0 Å². The normalized spacial score (nSPS) is 14.3. The highest BCUT2D eigenvalue weighted by Crippen LogP contribution is 2.43. The summed E-state index contributed by atoms with van der Waals surface area (Å²) in [6.45, 7) is 4.02. The van der Waals surface area contributed by atoms with Gasteiger partial charge in [0.25, 0.3) is 0 Å². The first-order valence-electron chi connectivity index (χ1n) is 20.6. The van der Waals surface area contributed by atoms with Crippen LogP contribution >= 0.6 is 7.82 Å². The van der Waals surface area contributed by atoms with E-state index >= 15 is 0 Å². The van der Waals surface area contributed by atoms with Crippen LogP contribution in [0.5, 0.6) is 0 Å². The molecular formula is C44H75NO9P+. The molecule has 0 aliphatic carbocycles. The third kappa shape index (κ3) is 39.2. The van der Waals surface area contributed by atoms with Crippen LogP contribution in [-0.2, 0) is 37.5 Å². The molecule has 0 spiro atoms. The van der Waals surface area contributed by atoms with Gasteiger partial charge < -0.3 is 18.9 Å². The standard InChI is InChI=1S/C44H74NO9P/c1-6-8-10-11-12-13-14-15-16-17-18-21-24-27-31-35-43(47)51-39-42(40-53-55(49,50)52-38-37-45(3,4)5)54-44(48)36-32-28-25-22-19-20-23-26-30-34-41(46)33-29-9-7-2/h8,10,12-13,15-16,18,21,23,26,30,34,42H,6-7,9,11,14,17,19-20,22,24-25,27-29,31-33,35-40H2,1-5H3/p+1/b10-8-,13-12-,16-15-,21-18-,26-23-,34-30+/t42-/m1/s1. The summed E-state index contributed by atoms with van der Waals surface area (Å²) in [6, 6.07) is 0. The smallest absolute Gasteiger partial charge is 0.462 e. The lowest BCUT2D eigenvalue weighted by Gasteiger charge is -2.24. The number of ketones is 1. The summed E-state index contributed by atoms with van der Waals surface area (Å²) in [4.78, 5) is 47.0. The second kappa shape index (κ2) is 35.5. The number of quaternary nitrogens is 1. The molecule has 0 aliphatic heterocycles. The van der Waals surface area contributed by atoms with Crippen molar-refractivity contribution in [3.05, 3.63) is 72.9 Å². The minimum Gasteiger partial charge on any atom is -0.462 e. The molecule has 0 fully saturated rings. The number of likely N-dealkylation sites (N-methyl/N-ethyl adjacent to an activating group) is 1. The number of phosphoric acid groups is 1. The van der Waals surface area contributed by atoms with Crippen LogP contribution < -0.4 is 0 Å². The summed E-state index contributed by atoms with van der Waals surface area (Å²) in [5.41, 5.74) is 0. The van der Waals surface area contributed by atoms with E-state index < -0.39 is 32.5 Å². The summed E-state index contributed by atoms with van der Waals surface area (Å²) in [7, 11) is 1.38. The third-order valence-electron chi connectivity index (χ3n) is 8.20. The average molecular weight is 793 g/mol. The van der Waals surface area contributed by atoms with E-state index in [4.69, 9.17) is 18.5 Å². The lowest BCUT2D eigenvalue weighted by Crippen LogP contribution is -2.37. The first-order valence-corrected chi connectivity index (χ1v) is 22.1. The Labute approximate surface area is 334 Å². The van der Waals surface area contributed by atoms with Gasteiger partial charge in [-0.1, -0.05) is 113 Å². The van der Waals surface area contributed by atoms with Crippen LogP contribution in [0.15, 0.2) is 72.9 Å². The number of ether oxygens (including phenoxy) is 2. The van der Waals surface area contributed by atoms with E-state index in [9.17, 15) is 23.8 Å². The van der Waals surface area contributed by atoms with Crippen LogP contribution in [0.1, 0.15) is 136 Å². The number of allylic oxidation sites excluding steroid dienone is 12. The van der Waals surface area contributed by atoms with Crippen molar-refractivity contribution in [3.8, 4) is 0 Å². The van der Waals surface area contributed by atoms with Gasteiger partial charge in [0.1, 0.15) is 19.8 Å². The second-order valence-electron chi connectivity index (χ2n) is 14.7. The van der Waals surface area contributed by atoms with Crippen molar-refractivity contribution in [3.63, 3.8) is 0 Å². The SMILES string of the molecule is CC/C=C\C/C=C\C/C=C\C/C=C\CCCCC(=O)OC[C@H](COP(=O)(O)OCC[N+](C)(C)C)OC(=O)CCCCCCC/C=C\C=C\C(=O)CCCCC. The van der Waals surface area contributed by atoms with E-state index in [1.54, 1.807) is 6.08 Å². The molecule has 1 unspecified atom stereocenters. The van der Waals surface area contributed by atoms with E-state index in [1.165, 1.54) is 0 Å². The van der Waals surface area contributed by atoms with Gasteiger partial charge in [0.15, 0.2) is 11.9 Å². The van der Waals surface area contributed by atoms with Crippen molar-refractivity contribution < 1.29 is 46.8 Å². The maximum atomic E-state index is 12.7. The first-order chi connectivity index (χ1) is 26.4. The number of phosphoric ester groups is 1. The van der Waals surface area contributed by atoms with Gasteiger partial charge in [-0.05, 0) is 76.7 Å². The number of hydrogen-bond donors (Lipinski definition) is 1. The molecule has 0 saturated heterocycles. The van der Waals surface area contributed by atoms with Gasteiger partial charge in [-0.3, -0.25) is 23.4 Å². The maximum absolute atomic E-state index is 12.7. The summed E-state index contributed by atoms with van der Waals surface area (Å²) in [6.07, 6.45) is 39.4. The number of hydrogen-bond acceptors (Lipinski definition) is 8. The Morgan fingerprint density at radius 1 is 0.636 bits per heavy atom. The van der Waals surface area contributed by atoms with Crippen LogP contribution in [0.3, 0.4) is 0 Å². The molecule has 0 amide bonds. The molecule has 0 bridgehead atoms. The Bertz CT molecular complexity index is 1230. The van der Waals surface area contributed by atoms with Gasteiger partial charge in [-0.2, -0.15) is 0 Å². The summed E-state index contributed by atoms with van der Waals surface area (Å²) < 4.78 is 34.1. The van der Waals surface area contributed by atoms with Crippen molar-refractivity contribution >= 4 is 25.5 Å². The van der Waals surface area contributed by atoms with Gasteiger partial charge in [0.05, 0.1) is 27.7 Å². The fraction of sp³-hybridized carbons (Fsp3) is 0.659. The van der Waals surface area contributed by atoms with Crippen LogP contribution in [0.25, 0.3) is 0 Å². The summed E-state index contributed by atoms with van der Waals surface area (Å²) in [5, 5.41) is 0. The highest BCUT2D eigenvalue weighted by Gasteiger charge is 2.27. The zero-order valence-electron chi connectivity index (χ0n) is 34.9. The van der Waals surface area contributed by atoms with E-state index in [1.807, 2.05) is 33.3 Å². The molecule has 0 radical (unpaired) electrons. The Morgan fingerprint density at radius 2 is 1.20 bits per heavy atom. The number of carbonyl (C=O) groups is 3. The number of esters is 2. The van der Waals surface area contributed by atoms with E-state index in [0.29, 0.717) is 30.3 Å². The summed E-state index contributed by atoms with van der Waals surface area (Å²) >= 11 is 0.